The molecule has 7 heteroatoms. The van der Waals surface area contributed by atoms with Crippen molar-refractivity contribution in [3.63, 3.8) is 0 Å². The van der Waals surface area contributed by atoms with Crippen LogP contribution in [0.3, 0.4) is 0 Å². The van der Waals surface area contributed by atoms with Crippen molar-refractivity contribution in [2.24, 2.45) is 0 Å². The van der Waals surface area contributed by atoms with E-state index in [9.17, 15) is 14.0 Å². The largest absolute Gasteiger partial charge is 0.275 e. The maximum Gasteiger partial charge on any atom is 0.267 e. The number of para-hydroxylation sites is 1. The summed E-state index contributed by atoms with van der Waals surface area (Å²) in [5.41, 5.74) is 3.32. The molecule has 0 radical (unpaired) electrons. The Kier molecular flexibility index (Phi) is 3.39. The molecule has 2 aromatic heterocycles. The van der Waals surface area contributed by atoms with E-state index in [1.807, 2.05) is 19.1 Å². The number of hydrogen-bond donors (Lipinski definition) is 1. The summed E-state index contributed by atoms with van der Waals surface area (Å²) in [7, 11) is 0. The van der Waals surface area contributed by atoms with Crippen LogP contribution in [0.4, 0.5) is 10.1 Å². The van der Waals surface area contributed by atoms with Gasteiger partial charge < -0.3 is 0 Å². The van der Waals surface area contributed by atoms with Crippen LogP contribution < -0.4 is 4.90 Å². The Morgan fingerprint density at radius 2 is 1.75 bits per heavy atom. The van der Waals surface area contributed by atoms with E-state index in [2.05, 4.69) is 15.2 Å². The SMILES string of the molecule is Cc1ccccc1N1C(=O)c2cnc3n[nH]c(-c4ccc(F)cc4)c3c2C1=O. The number of rotatable bonds is 2. The van der Waals surface area contributed by atoms with Gasteiger partial charge in [-0.25, -0.2) is 14.3 Å². The van der Waals surface area contributed by atoms with Crippen LogP contribution in [0.2, 0.25) is 0 Å². The van der Waals surface area contributed by atoms with Gasteiger partial charge in [0.15, 0.2) is 5.65 Å². The van der Waals surface area contributed by atoms with E-state index < -0.39 is 11.8 Å². The summed E-state index contributed by atoms with van der Waals surface area (Å²) in [6.07, 6.45) is 1.38. The molecule has 0 aliphatic carbocycles. The highest BCUT2D eigenvalue weighted by molar-refractivity contribution is 6.38. The second-order valence-corrected chi connectivity index (χ2v) is 6.58. The average Bonchev–Trinajstić information content (AvgIpc) is 3.23. The number of fused-ring (bicyclic) bond motifs is 3. The Morgan fingerprint density at radius 1 is 1.00 bits per heavy atom. The quantitative estimate of drug-likeness (QED) is 0.542. The molecule has 2 aromatic carbocycles. The van der Waals surface area contributed by atoms with Crippen molar-refractivity contribution in [3.05, 3.63) is 77.2 Å². The minimum atomic E-state index is -0.425. The first-order chi connectivity index (χ1) is 13.6. The number of hydrogen-bond acceptors (Lipinski definition) is 4. The van der Waals surface area contributed by atoms with E-state index in [1.54, 1.807) is 24.3 Å². The van der Waals surface area contributed by atoms with Crippen LogP contribution >= 0.6 is 0 Å². The molecule has 5 rings (SSSR count). The monoisotopic (exact) mass is 372 g/mol. The van der Waals surface area contributed by atoms with Crippen LogP contribution in [-0.4, -0.2) is 27.0 Å². The van der Waals surface area contributed by atoms with E-state index in [1.165, 1.54) is 23.2 Å². The number of benzene rings is 2. The minimum absolute atomic E-state index is 0.227. The molecule has 136 valence electrons. The standard InChI is InChI=1S/C21H13FN4O2/c1-11-4-2-3-5-15(11)26-20(27)14-10-23-19-17(16(14)21(26)28)18(24-25-19)12-6-8-13(22)9-7-12/h2-10H,1H3,(H,23,24,25). The second kappa shape index (κ2) is 5.82. The molecule has 1 aliphatic rings. The number of pyridine rings is 1. The Labute approximate surface area is 158 Å². The normalized spacial score (nSPS) is 13.4. The number of H-pyrrole nitrogens is 1. The van der Waals surface area contributed by atoms with E-state index in [-0.39, 0.29) is 16.9 Å². The summed E-state index contributed by atoms with van der Waals surface area (Å²) in [6.45, 7) is 1.84. The van der Waals surface area contributed by atoms with Gasteiger partial charge in [0, 0.05) is 11.8 Å². The van der Waals surface area contributed by atoms with Crippen LogP contribution in [0, 0.1) is 12.7 Å². The number of nitrogens with zero attached hydrogens (tertiary/aromatic N) is 3. The molecule has 2 amide bonds. The van der Waals surface area contributed by atoms with E-state index in [0.29, 0.717) is 28.0 Å². The zero-order chi connectivity index (χ0) is 19.4. The number of carbonyl (C=O) groups excluding carboxylic acids is 2. The van der Waals surface area contributed by atoms with Gasteiger partial charge in [-0.2, -0.15) is 5.10 Å². The summed E-state index contributed by atoms with van der Waals surface area (Å²) in [5, 5.41) is 7.48. The lowest BCUT2D eigenvalue weighted by Gasteiger charge is -2.16. The lowest BCUT2D eigenvalue weighted by atomic mass is 10.0. The second-order valence-electron chi connectivity index (χ2n) is 6.58. The molecule has 0 atom stereocenters. The predicted molar refractivity (Wildman–Crippen MR) is 102 cm³/mol. The number of aryl methyl sites for hydroxylation is 1. The first-order valence-corrected chi connectivity index (χ1v) is 8.63. The number of aromatic nitrogens is 3. The highest BCUT2D eigenvalue weighted by atomic mass is 19.1. The molecule has 0 unspecified atom stereocenters. The van der Waals surface area contributed by atoms with Crippen LogP contribution in [-0.2, 0) is 0 Å². The van der Waals surface area contributed by atoms with Gasteiger partial charge in [0.25, 0.3) is 11.8 Å². The fourth-order valence-electron chi connectivity index (χ4n) is 3.55. The third-order valence-corrected chi connectivity index (χ3v) is 4.92. The summed E-state index contributed by atoms with van der Waals surface area (Å²) in [4.78, 5) is 31.7. The van der Waals surface area contributed by atoms with Crippen LogP contribution in [0.15, 0.2) is 54.7 Å². The van der Waals surface area contributed by atoms with Gasteiger partial charge >= 0.3 is 0 Å². The summed E-state index contributed by atoms with van der Waals surface area (Å²) >= 11 is 0. The molecular formula is C21H13FN4O2. The molecule has 3 heterocycles. The van der Waals surface area contributed by atoms with Crippen molar-refractivity contribution in [1.82, 2.24) is 15.2 Å². The van der Waals surface area contributed by atoms with Gasteiger partial charge in [-0.1, -0.05) is 18.2 Å². The highest BCUT2D eigenvalue weighted by Gasteiger charge is 2.40. The Bertz CT molecular complexity index is 1280. The van der Waals surface area contributed by atoms with Gasteiger partial charge in [0.2, 0.25) is 0 Å². The number of nitrogens with one attached hydrogen (secondary N) is 1. The molecule has 4 aromatic rings. The van der Waals surface area contributed by atoms with Gasteiger partial charge in [-0.05, 0) is 42.8 Å². The molecule has 6 nitrogen and oxygen atoms in total. The smallest absolute Gasteiger partial charge is 0.267 e. The van der Waals surface area contributed by atoms with Gasteiger partial charge in [0.1, 0.15) is 5.82 Å². The van der Waals surface area contributed by atoms with Crippen molar-refractivity contribution in [1.29, 1.82) is 0 Å². The lowest BCUT2D eigenvalue weighted by Crippen LogP contribution is -2.30. The van der Waals surface area contributed by atoms with Crippen molar-refractivity contribution in [2.75, 3.05) is 4.90 Å². The number of amides is 2. The first kappa shape index (κ1) is 16.3. The molecule has 28 heavy (non-hydrogen) atoms. The number of anilines is 1. The van der Waals surface area contributed by atoms with Crippen LogP contribution in [0.1, 0.15) is 26.3 Å². The third kappa shape index (κ3) is 2.19. The summed E-state index contributed by atoms with van der Waals surface area (Å²) < 4.78 is 13.3. The van der Waals surface area contributed by atoms with Crippen molar-refractivity contribution in [2.45, 2.75) is 6.92 Å². The number of imide groups is 1. The van der Waals surface area contributed by atoms with Crippen molar-refractivity contribution in [3.8, 4) is 11.3 Å². The molecule has 0 fully saturated rings. The minimum Gasteiger partial charge on any atom is -0.275 e. The molecule has 0 spiro atoms. The molecule has 1 aliphatic heterocycles. The van der Waals surface area contributed by atoms with E-state index in [0.717, 1.165) is 5.56 Å². The Hall–Kier alpha value is -3.87. The maximum atomic E-state index is 13.3. The molecule has 0 bridgehead atoms. The zero-order valence-corrected chi connectivity index (χ0v) is 14.7. The summed E-state index contributed by atoms with van der Waals surface area (Å²) in [6, 6.07) is 13.0. The van der Waals surface area contributed by atoms with Crippen molar-refractivity contribution < 1.29 is 14.0 Å². The molecule has 0 saturated heterocycles. The number of aromatic amines is 1. The maximum absolute atomic E-state index is 13.3. The van der Waals surface area contributed by atoms with E-state index >= 15 is 0 Å². The van der Waals surface area contributed by atoms with Gasteiger partial charge in [0.05, 0.1) is 27.9 Å². The highest BCUT2D eigenvalue weighted by Crippen LogP contribution is 2.37. The summed E-state index contributed by atoms with van der Waals surface area (Å²) in [5.74, 6) is -1.21. The lowest BCUT2D eigenvalue weighted by molar-refractivity contribution is 0.0926. The van der Waals surface area contributed by atoms with E-state index in [4.69, 9.17) is 0 Å². The van der Waals surface area contributed by atoms with Crippen molar-refractivity contribution >= 4 is 28.5 Å². The fourth-order valence-corrected chi connectivity index (χ4v) is 3.55. The zero-order valence-electron chi connectivity index (χ0n) is 14.7. The van der Waals surface area contributed by atoms with Gasteiger partial charge in [-0.3, -0.25) is 14.7 Å². The number of halogens is 1. The van der Waals surface area contributed by atoms with Crippen LogP contribution in [0.5, 0.6) is 0 Å². The number of carbonyl (C=O) groups is 2. The predicted octanol–water partition coefficient (Wildman–Crippen LogP) is 3.87. The fraction of sp³-hybridized carbons (Fsp3) is 0.0476. The van der Waals surface area contributed by atoms with Gasteiger partial charge in [-0.15, -0.1) is 0 Å². The third-order valence-electron chi connectivity index (χ3n) is 4.92. The Balaban J connectivity index is 1.75. The topological polar surface area (TPSA) is 79.0 Å². The Morgan fingerprint density at radius 3 is 2.50 bits per heavy atom. The molecular weight excluding hydrogens is 359 g/mol. The average molecular weight is 372 g/mol. The van der Waals surface area contributed by atoms with Crippen LogP contribution in [0.25, 0.3) is 22.3 Å². The molecule has 0 saturated carbocycles. The molecule has 1 N–H and O–H groups in total. The first-order valence-electron chi connectivity index (χ1n) is 8.63.